The van der Waals surface area contributed by atoms with E-state index in [1.54, 1.807) is 44.2 Å². The molecule has 1 heterocycles. The first kappa shape index (κ1) is 24.6. The lowest BCUT2D eigenvalue weighted by Gasteiger charge is -2.16. The largest absolute Gasteiger partial charge is 0.459 e. The predicted molar refractivity (Wildman–Crippen MR) is 139 cm³/mol. The normalized spacial score (nSPS) is 13.6. The van der Waals surface area contributed by atoms with Crippen LogP contribution < -0.4 is 10.2 Å². The highest BCUT2D eigenvalue weighted by atomic mass is 35.5. The summed E-state index contributed by atoms with van der Waals surface area (Å²) in [6.07, 6.45) is -0.255. The van der Waals surface area contributed by atoms with Crippen molar-refractivity contribution < 1.29 is 19.1 Å². The maximum absolute atomic E-state index is 13.5. The molecule has 0 spiro atoms. The Kier molecular flexibility index (Phi) is 7.28. The van der Waals surface area contributed by atoms with Gasteiger partial charge in [-0.3, -0.25) is 9.59 Å². The van der Waals surface area contributed by atoms with Gasteiger partial charge in [0.25, 0.3) is 11.8 Å². The van der Waals surface area contributed by atoms with Gasteiger partial charge in [-0.1, -0.05) is 47.6 Å². The number of carbonyl (C=O) groups is 3. The van der Waals surface area contributed by atoms with E-state index in [1.165, 1.54) is 23.9 Å². The van der Waals surface area contributed by atoms with Gasteiger partial charge >= 0.3 is 5.97 Å². The van der Waals surface area contributed by atoms with Crippen LogP contribution in [0, 0.1) is 6.92 Å². The molecule has 3 aromatic carbocycles. The number of thioether (sulfide) groups is 1. The maximum Gasteiger partial charge on any atom is 0.338 e. The van der Waals surface area contributed by atoms with Crippen LogP contribution in [0.4, 0.5) is 11.4 Å². The minimum atomic E-state index is -0.495. The molecule has 0 saturated carbocycles. The van der Waals surface area contributed by atoms with Crippen LogP contribution in [0.2, 0.25) is 5.02 Å². The van der Waals surface area contributed by atoms with Gasteiger partial charge in [0.05, 0.1) is 17.4 Å². The number of carbonyl (C=O) groups excluding carboxylic acids is 3. The Hall–Kier alpha value is -3.55. The summed E-state index contributed by atoms with van der Waals surface area (Å²) in [5.41, 5.74) is 2.25. The van der Waals surface area contributed by atoms with Crippen LogP contribution >= 0.6 is 23.4 Å². The lowest BCUT2D eigenvalue weighted by molar-refractivity contribution is -0.120. The molecule has 4 rings (SSSR count). The molecule has 8 heteroatoms. The van der Waals surface area contributed by atoms with Gasteiger partial charge in [0.1, 0.15) is 10.6 Å². The van der Waals surface area contributed by atoms with Gasteiger partial charge < -0.3 is 10.1 Å². The minimum Gasteiger partial charge on any atom is -0.459 e. The van der Waals surface area contributed by atoms with E-state index < -0.39 is 17.8 Å². The average molecular weight is 507 g/mol. The monoisotopic (exact) mass is 506 g/mol. The van der Waals surface area contributed by atoms with Crippen molar-refractivity contribution in [2.24, 2.45) is 0 Å². The number of hydrogen-bond donors (Lipinski definition) is 1. The third-order valence-corrected chi connectivity index (χ3v) is 6.74. The Bertz CT molecular complexity index is 1320. The zero-order valence-electron chi connectivity index (χ0n) is 19.4. The van der Waals surface area contributed by atoms with E-state index in [4.69, 9.17) is 16.3 Å². The summed E-state index contributed by atoms with van der Waals surface area (Å²) in [5.74, 6) is -1.42. The van der Waals surface area contributed by atoms with Crippen LogP contribution in [-0.2, 0) is 14.3 Å². The van der Waals surface area contributed by atoms with Gasteiger partial charge in [-0.05, 0) is 74.9 Å². The molecule has 0 bridgehead atoms. The Morgan fingerprint density at radius 2 is 1.63 bits per heavy atom. The second-order valence-electron chi connectivity index (χ2n) is 8.10. The van der Waals surface area contributed by atoms with Crippen LogP contribution in [0.1, 0.15) is 29.8 Å². The van der Waals surface area contributed by atoms with Crippen molar-refractivity contribution >= 4 is 52.5 Å². The van der Waals surface area contributed by atoms with E-state index in [0.717, 1.165) is 15.4 Å². The van der Waals surface area contributed by atoms with Crippen molar-refractivity contribution in [3.8, 4) is 0 Å². The number of benzene rings is 3. The van der Waals surface area contributed by atoms with Crippen LogP contribution in [0.15, 0.2) is 88.3 Å². The number of ether oxygens (including phenoxy) is 1. The summed E-state index contributed by atoms with van der Waals surface area (Å²) >= 11 is 7.48. The van der Waals surface area contributed by atoms with E-state index in [2.05, 4.69) is 5.32 Å². The summed E-state index contributed by atoms with van der Waals surface area (Å²) in [6.45, 7) is 5.37. The number of imide groups is 1. The molecule has 6 nitrogen and oxygen atoms in total. The zero-order chi connectivity index (χ0) is 25.1. The predicted octanol–water partition coefficient (Wildman–Crippen LogP) is 6.20. The van der Waals surface area contributed by atoms with Crippen molar-refractivity contribution in [3.05, 3.63) is 99.5 Å². The lowest BCUT2D eigenvalue weighted by atomic mass is 10.2. The van der Waals surface area contributed by atoms with Crippen LogP contribution in [-0.4, -0.2) is 23.9 Å². The van der Waals surface area contributed by atoms with Crippen LogP contribution in [0.3, 0.4) is 0 Å². The Labute approximate surface area is 212 Å². The second kappa shape index (κ2) is 10.4. The second-order valence-corrected chi connectivity index (χ2v) is 9.59. The van der Waals surface area contributed by atoms with E-state index in [9.17, 15) is 14.4 Å². The molecular weight excluding hydrogens is 484 g/mol. The standard InChI is InChI=1S/C27H23ClN2O4S/c1-16(2)34-27(33)18-12-14-19(15-13-18)30-25(31)23(29-22-11-7-10-21(28)17(22)3)24(26(30)32)35-20-8-5-4-6-9-20/h4-16,29H,1-3H3. The van der Waals surface area contributed by atoms with Gasteiger partial charge in [-0.25, -0.2) is 9.69 Å². The topological polar surface area (TPSA) is 75.7 Å². The van der Waals surface area contributed by atoms with E-state index in [1.807, 2.05) is 37.3 Å². The van der Waals surface area contributed by atoms with Gasteiger partial charge in [0, 0.05) is 15.6 Å². The lowest BCUT2D eigenvalue weighted by Crippen LogP contribution is -2.32. The number of nitrogens with zero attached hydrogens (tertiary/aromatic N) is 1. The number of esters is 1. The number of amides is 2. The molecule has 1 N–H and O–H groups in total. The van der Waals surface area contributed by atoms with Gasteiger partial charge in [0.2, 0.25) is 0 Å². The Morgan fingerprint density at radius 3 is 2.29 bits per heavy atom. The number of rotatable bonds is 7. The van der Waals surface area contributed by atoms with Crippen molar-refractivity contribution in [2.75, 3.05) is 10.2 Å². The number of hydrogen-bond acceptors (Lipinski definition) is 6. The molecule has 0 unspecified atom stereocenters. The first-order valence-electron chi connectivity index (χ1n) is 11.0. The molecule has 3 aromatic rings. The Balaban J connectivity index is 1.69. The minimum absolute atomic E-state index is 0.164. The molecule has 2 amide bonds. The molecule has 0 fully saturated rings. The maximum atomic E-state index is 13.5. The fourth-order valence-electron chi connectivity index (χ4n) is 3.46. The summed E-state index contributed by atoms with van der Waals surface area (Å²) in [4.78, 5) is 41.4. The molecule has 0 atom stereocenters. The third-order valence-electron chi connectivity index (χ3n) is 5.24. The number of nitrogens with one attached hydrogen (secondary N) is 1. The van der Waals surface area contributed by atoms with E-state index in [0.29, 0.717) is 22.0 Å². The summed E-state index contributed by atoms with van der Waals surface area (Å²) in [5, 5.41) is 3.69. The fourth-order valence-corrected chi connectivity index (χ4v) is 4.58. The van der Waals surface area contributed by atoms with Gasteiger partial charge in [-0.2, -0.15) is 0 Å². The highest BCUT2D eigenvalue weighted by molar-refractivity contribution is 8.04. The number of anilines is 2. The molecule has 1 aliphatic rings. The quantitative estimate of drug-likeness (QED) is 0.303. The fraction of sp³-hybridized carbons (Fsp3) is 0.148. The van der Waals surface area contributed by atoms with Crippen molar-refractivity contribution in [1.29, 1.82) is 0 Å². The third kappa shape index (κ3) is 5.26. The molecule has 1 aliphatic heterocycles. The highest BCUT2D eigenvalue weighted by Crippen LogP contribution is 2.38. The molecule has 0 aliphatic carbocycles. The summed E-state index contributed by atoms with van der Waals surface area (Å²) < 4.78 is 5.21. The summed E-state index contributed by atoms with van der Waals surface area (Å²) in [7, 11) is 0. The zero-order valence-corrected chi connectivity index (χ0v) is 20.9. The average Bonchev–Trinajstić information content (AvgIpc) is 3.06. The van der Waals surface area contributed by atoms with Crippen molar-refractivity contribution in [2.45, 2.75) is 31.8 Å². The van der Waals surface area contributed by atoms with Crippen molar-refractivity contribution in [1.82, 2.24) is 0 Å². The molecule has 178 valence electrons. The van der Waals surface area contributed by atoms with Gasteiger partial charge in [0.15, 0.2) is 0 Å². The van der Waals surface area contributed by atoms with Crippen LogP contribution in [0.25, 0.3) is 0 Å². The first-order valence-corrected chi connectivity index (χ1v) is 12.1. The molecule has 35 heavy (non-hydrogen) atoms. The molecule has 0 aromatic heterocycles. The molecular formula is C27H23ClN2O4S. The van der Waals surface area contributed by atoms with E-state index in [-0.39, 0.29) is 16.7 Å². The smallest absolute Gasteiger partial charge is 0.338 e. The highest BCUT2D eigenvalue weighted by Gasteiger charge is 2.40. The molecule has 0 radical (unpaired) electrons. The molecule has 0 saturated heterocycles. The SMILES string of the molecule is Cc1c(Cl)cccc1NC1=C(Sc2ccccc2)C(=O)N(c2ccc(C(=O)OC(C)C)cc2)C1=O. The summed E-state index contributed by atoms with van der Waals surface area (Å²) in [6, 6.07) is 20.9. The first-order chi connectivity index (χ1) is 16.8. The Morgan fingerprint density at radius 1 is 0.943 bits per heavy atom. The van der Waals surface area contributed by atoms with Crippen LogP contribution in [0.5, 0.6) is 0 Å². The van der Waals surface area contributed by atoms with Gasteiger partial charge in [-0.15, -0.1) is 0 Å². The van der Waals surface area contributed by atoms with Crippen molar-refractivity contribution in [3.63, 3.8) is 0 Å². The van der Waals surface area contributed by atoms with E-state index >= 15 is 0 Å². The number of halogens is 1.